The Hall–Kier alpha value is -2.88. The number of nitrogens with zero attached hydrogens (tertiary/aromatic N) is 1. The zero-order valence-corrected chi connectivity index (χ0v) is 12.8. The summed E-state index contributed by atoms with van der Waals surface area (Å²) in [6.45, 7) is 1.67. The highest BCUT2D eigenvalue weighted by Gasteiger charge is 2.34. The normalized spacial score (nSPS) is 17.4. The van der Waals surface area contributed by atoms with Gasteiger partial charge in [0.05, 0.1) is 0 Å². The zero-order valence-electron chi connectivity index (χ0n) is 12.8. The molecule has 0 saturated heterocycles. The van der Waals surface area contributed by atoms with E-state index in [2.05, 4.69) is 0 Å². The lowest BCUT2D eigenvalue weighted by Crippen LogP contribution is -2.46. The van der Waals surface area contributed by atoms with Crippen molar-refractivity contribution in [1.29, 1.82) is 0 Å². The van der Waals surface area contributed by atoms with Gasteiger partial charge in [0.25, 0.3) is 5.91 Å². The van der Waals surface area contributed by atoms with Gasteiger partial charge in [-0.15, -0.1) is 0 Å². The van der Waals surface area contributed by atoms with Gasteiger partial charge in [-0.25, -0.2) is 4.79 Å². The van der Waals surface area contributed by atoms with E-state index in [1.807, 2.05) is 36.4 Å². The van der Waals surface area contributed by atoms with Crippen LogP contribution in [0.2, 0.25) is 0 Å². The number of hydrogen-bond acceptors (Lipinski definition) is 3. The molecule has 4 heteroatoms. The Labute approximate surface area is 135 Å². The van der Waals surface area contributed by atoms with Gasteiger partial charge in [0.2, 0.25) is 0 Å². The van der Waals surface area contributed by atoms with Crippen LogP contribution in [0.3, 0.4) is 0 Å². The highest BCUT2D eigenvalue weighted by atomic mass is 16.5. The van der Waals surface area contributed by atoms with E-state index < -0.39 is 12.0 Å². The van der Waals surface area contributed by atoms with Gasteiger partial charge in [-0.1, -0.05) is 48.5 Å². The second-order valence-corrected chi connectivity index (χ2v) is 5.44. The summed E-state index contributed by atoms with van der Waals surface area (Å²) in [6.07, 6.45) is 2.02. The van der Waals surface area contributed by atoms with E-state index in [9.17, 15) is 9.59 Å². The van der Waals surface area contributed by atoms with Gasteiger partial charge >= 0.3 is 5.97 Å². The predicted octanol–water partition coefficient (Wildman–Crippen LogP) is 3.16. The number of carbonyl (C=O) groups is 2. The topological polar surface area (TPSA) is 46.6 Å². The minimum Gasteiger partial charge on any atom is -0.428 e. The Kier molecular flexibility index (Phi) is 4.24. The van der Waals surface area contributed by atoms with Crippen LogP contribution in [0, 0.1) is 0 Å². The summed E-state index contributed by atoms with van der Waals surface area (Å²) < 4.78 is 5.22. The van der Waals surface area contributed by atoms with Crippen LogP contribution in [-0.4, -0.2) is 22.8 Å². The summed E-state index contributed by atoms with van der Waals surface area (Å²) in [6, 6.07) is 17.9. The zero-order chi connectivity index (χ0) is 16.2. The third-order valence-corrected chi connectivity index (χ3v) is 3.72. The number of benzene rings is 2. The van der Waals surface area contributed by atoms with Crippen molar-refractivity contribution in [2.45, 2.75) is 19.4 Å². The number of ether oxygens (including phenoxy) is 1. The van der Waals surface area contributed by atoms with Crippen LogP contribution >= 0.6 is 0 Å². The molecular weight excluding hydrogens is 290 g/mol. The first-order valence-electron chi connectivity index (χ1n) is 7.47. The van der Waals surface area contributed by atoms with Gasteiger partial charge in [0.15, 0.2) is 0 Å². The summed E-state index contributed by atoms with van der Waals surface area (Å²) >= 11 is 0. The Morgan fingerprint density at radius 2 is 1.65 bits per heavy atom. The lowest BCUT2D eigenvalue weighted by molar-refractivity contribution is -0.146. The van der Waals surface area contributed by atoms with E-state index in [-0.39, 0.29) is 5.91 Å². The second-order valence-electron chi connectivity index (χ2n) is 5.44. The molecule has 23 heavy (non-hydrogen) atoms. The molecule has 1 amide bonds. The molecule has 1 heterocycles. The van der Waals surface area contributed by atoms with Crippen LogP contribution in [0.5, 0.6) is 0 Å². The molecule has 0 aliphatic carbocycles. The van der Waals surface area contributed by atoms with Crippen molar-refractivity contribution < 1.29 is 14.3 Å². The fourth-order valence-corrected chi connectivity index (χ4v) is 2.60. The molecule has 0 saturated carbocycles. The highest BCUT2D eigenvalue weighted by Crippen LogP contribution is 2.21. The molecule has 0 radical (unpaired) electrons. The van der Waals surface area contributed by atoms with Gasteiger partial charge in [-0.3, -0.25) is 9.69 Å². The number of amides is 1. The largest absolute Gasteiger partial charge is 0.428 e. The molecule has 1 aliphatic rings. The third-order valence-electron chi connectivity index (χ3n) is 3.72. The number of carbonyl (C=O) groups excluding carboxylic acids is 2. The molecule has 1 unspecified atom stereocenters. The monoisotopic (exact) mass is 307 g/mol. The quantitative estimate of drug-likeness (QED) is 0.818. The smallest absolute Gasteiger partial charge is 0.334 e. The molecule has 1 aliphatic heterocycles. The third kappa shape index (κ3) is 3.31. The Morgan fingerprint density at radius 1 is 1.04 bits per heavy atom. The number of allylic oxidation sites excluding steroid dienone is 1. The molecule has 0 bridgehead atoms. The van der Waals surface area contributed by atoms with Gasteiger partial charge in [0, 0.05) is 18.2 Å². The van der Waals surface area contributed by atoms with Crippen molar-refractivity contribution in [3.8, 4) is 0 Å². The van der Waals surface area contributed by atoms with Crippen LogP contribution in [0.25, 0.3) is 0 Å². The van der Waals surface area contributed by atoms with E-state index in [1.165, 1.54) is 4.90 Å². The van der Waals surface area contributed by atoms with Crippen molar-refractivity contribution in [2.24, 2.45) is 0 Å². The van der Waals surface area contributed by atoms with Crippen LogP contribution in [0.15, 0.2) is 72.6 Å². The summed E-state index contributed by atoms with van der Waals surface area (Å²) in [7, 11) is 0. The van der Waals surface area contributed by atoms with Crippen LogP contribution in [-0.2, 0) is 16.0 Å². The standard InChI is InChI=1S/C19H17NO3/c1-14-13-20(18(21)16-10-6-3-7-11-16)17(19(22)23-14)12-15-8-4-2-5-9-15/h2-11,13,17H,12H2,1H3. The van der Waals surface area contributed by atoms with Crippen LogP contribution in [0.1, 0.15) is 22.8 Å². The minimum absolute atomic E-state index is 0.206. The van der Waals surface area contributed by atoms with Crippen molar-refractivity contribution >= 4 is 11.9 Å². The SMILES string of the molecule is CC1=CN(C(=O)c2ccccc2)C(Cc2ccccc2)C(=O)O1. The van der Waals surface area contributed by atoms with E-state index in [0.717, 1.165) is 5.56 Å². The summed E-state index contributed by atoms with van der Waals surface area (Å²) in [5, 5.41) is 0. The van der Waals surface area contributed by atoms with Gasteiger partial charge in [-0.2, -0.15) is 0 Å². The number of esters is 1. The number of rotatable bonds is 3. The van der Waals surface area contributed by atoms with Crippen LogP contribution in [0.4, 0.5) is 0 Å². The van der Waals surface area contributed by atoms with Crippen molar-refractivity contribution in [3.63, 3.8) is 0 Å². The molecular formula is C19H17NO3. The molecule has 1 atom stereocenters. The van der Waals surface area contributed by atoms with Gasteiger partial charge in [-0.05, 0) is 24.6 Å². The maximum Gasteiger partial charge on any atom is 0.334 e. The molecule has 3 rings (SSSR count). The Morgan fingerprint density at radius 3 is 2.30 bits per heavy atom. The predicted molar refractivity (Wildman–Crippen MR) is 86.4 cm³/mol. The summed E-state index contributed by atoms with van der Waals surface area (Å²) in [4.78, 5) is 26.5. The molecule has 0 N–H and O–H groups in total. The van der Waals surface area contributed by atoms with E-state index in [4.69, 9.17) is 4.74 Å². The first-order chi connectivity index (χ1) is 11.1. The molecule has 0 fully saturated rings. The van der Waals surface area contributed by atoms with E-state index in [1.54, 1.807) is 37.4 Å². The first-order valence-corrected chi connectivity index (χ1v) is 7.47. The van der Waals surface area contributed by atoms with Crippen LogP contribution < -0.4 is 0 Å². The first kappa shape index (κ1) is 15.0. The van der Waals surface area contributed by atoms with Gasteiger partial charge in [0.1, 0.15) is 11.8 Å². The van der Waals surface area contributed by atoms with E-state index >= 15 is 0 Å². The average Bonchev–Trinajstić information content (AvgIpc) is 2.58. The molecule has 116 valence electrons. The lowest BCUT2D eigenvalue weighted by Gasteiger charge is -2.31. The second kappa shape index (κ2) is 6.48. The highest BCUT2D eigenvalue weighted by molar-refractivity contribution is 5.98. The molecule has 0 aromatic heterocycles. The maximum absolute atomic E-state index is 12.8. The summed E-state index contributed by atoms with van der Waals surface area (Å²) in [5.41, 5.74) is 1.53. The molecule has 0 spiro atoms. The number of hydrogen-bond donors (Lipinski definition) is 0. The Balaban J connectivity index is 1.92. The van der Waals surface area contributed by atoms with E-state index in [0.29, 0.717) is 17.7 Å². The lowest BCUT2D eigenvalue weighted by atomic mass is 10.0. The fraction of sp³-hybridized carbons (Fsp3) is 0.158. The molecule has 2 aromatic carbocycles. The molecule has 4 nitrogen and oxygen atoms in total. The average molecular weight is 307 g/mol. The number of cyclic esters (lactones) is 1. The van der Waals surface area contributed by atoms with Crippen molar-refractivity contribution in [3.05, 3.63) is 83.7 Å². The minimum atomic E-state index is -0.659. The Bertz CT molecular complexity index is 738. The van der Waals surface area contributed by atoms with Gasteiger partial charge < -0.3 is 4.74 Å². The van der Waals surface area contributed by atoms with Crippen molar-refractivity contribution in [1.82, 2.24) is 4.90 Å². The maximum atomic E-state index is 12.8. The summed E-state index contributed by atoms with van der Waals surface area (Å²) in [5.74, 6) is -0.191. The molecule has 2 aromatic rings. The van der Waals surface area contributed by atoms with Crippen molar-refractivity contribution in [2.75, 3.05) is 0 Å². The fourth-order valence-electron chi connectivity index (χ4n) is 2.60.